The number of hydrogen-bond donors (Lipinski definition) is 2. The zero-order valence-corrected chi connectivity index (χ0v) is 14.1. The van der Waals surface area contributed by atoms with E-state index in [9.17, 15) is 14.4 Å². The smallest absolute Gasteiger partial charge is 0.325 e. The van der Waals surface area contributed by atoms with E-state index in [1.54, 1.807) is 0 Å². The molecule has 0 radical (unpaired) electrons. The van der Waals surface area contributed by atoms with Crippen LogP contribution in [0.25, 0.3) is 0 Å². The van der Waals surface area contributed by atoms with Gasteiger partial charge in [0, 0.05) is 19.8 Å². The molecule has 3 rings (SSSR count). The van der Waals surface area contributed by atoms with Gasteiger partial charge < -0.3 is 15.4 Å². The Hall–Kier alpha value is -2.41. The fourth-order valence-corrected chi connectivity index (χ4v) is 3.10. The molecule has 0 aromatic heterocycles. The number of hydrogen-bond acceptors (Lipinski definition) is 4. The van der Waals surface area contributed by atoms with Gasteiger partial charge in [-0.15, -0.1) is 0 Å². The highest BCUT2D eigenvalue weighted by Crippen LogP contribution is 2.15. The first-order valence-electron chi connectivity index (χ1n) is 8.63. The molecule has 0 saturated carbocycles. The molecule has 1 aromatic rings. The third kappa shape index (κ3) is 4.57. The molecule has 7 nitrogen and oxygen atoms in total. The molecule has 2 N–H and O–H groups in total. The molecule has 0 spiro atoms. The van der Waals surface area contributed by atoms with Crippen molar-refractivity contribution in [2.45, 2.75) is 31.8 Å². The largest absolute Gasteiger partial charge is 0.381 e. The van der Waals surface area contributed by atoms with Crippen LogP contribution < -0.4 is 10.6 Å². The predicted octanol–water partition coefficient (Wildman–Crippen LogP) is 1.04. The quantitative estimate of drug-likeness (QED) is 0.754. The molecule has 134 valence electrons. The van der Waals surface area contributed by atoms with Gasteiger partial charge in [0.05, 0.1) is 13.0 Å². The van der Waals surface area contributed by atoms with Crippen molar-refractivity contribution in [3.05, 3.63) is 35.9 Å². The van der Waals surface area contributed by atoms with E-state index in [4.69, 9.17) is 4.74 Å². The van der Waals surface area contributed by atoms with Gasteiger partial charge in [0.15, 0.2) is 0 Å². The van der Waals surface area contributed by atoms with E-state index >= 15 is 0 Å². The number of ether oxygens (including phenoxy) is 1. The van der Waals surface area contributed by atoms with E-state index in [2.05, 4.69) is 10.6 Å². The van der Waals surface area contributed by atoms with Gasteiger partial charge in [-0.1, -0.05) is 30.3 Å². The molecular formula is C18H23N3O4. The number of benzene rings is 1. The first-order chi connectivity index (χ1) is 12.1. The lowest BCUT2D eigenvalue weighted by atomic mass is 10.0. The lowest BCUT2D eigenvalue weighted by molar-refractivity contribution is -0.131. The number of amides is 4. The average molecular weight is 345 g/mol. The summed E-state index contributed by atoms with van der Waals surface area (Å²) in [6.07, 6.45) is 1.84. The first-order valence-corrected chi connectivity index (χ1v) is 8.63. The Balaban J connectivity index is 1.48. The van der Waals surface area contributed by atoms with E-state index in [1.807, 2.05) is 30.3 Å². The van der Waals surface area contributed by atoms with Crippen LogP contribution in [0.15, 0.2) is 30.3 Å². The van der Waals surface area contributed by atoms with E-state index in [0.29, 0.717) is 12.5 Å². The number of carbonyl (C=O) groups is 3. The Kier molecular flexibility index (Phi) is 5.65. The maximum Gasteiger partial charge on any atom is 0.325 e. The maximum absolute atomic E-state index is 12.4. The van der Waals surface area contributed by atoms with Crippen LogP contribution in [0.4, 0.5) is 4.79 Å². The summed E-state index contributed by atoms with van der Waals surface area (Å²) in [5, 5.41) is 5.46. The molecule has 2 saturated heterocycles. The summed E-state index contributed by atoms with van der Waals surface area (Å²) >= 11 is 0. The van der Waals surface area contributed by atoms with Crippen LogP contribution >= 0.6 is 0 Å². The van der Waals surface area contributed by atoms with Crippen LogP contribution in [0.1, 0.15) is 24.8 Å². The minimum absolute atomic E-state index is 0.0287. The van der Waals surface area contributed by atoms with E-state index < -0.39 is 12.1 Å². The number of urea groups is 1. The highest BCUT2D eigenvalue weighted by atomic mass is 16.5. The molecule has 7 heteroatoms. The van der Waals surface area contributed by atoms with Crippen molar-refractivity contribution < 1.29 is 19.1 Å². The minimum Gasteiger partial charge on any atom is -0.381 e. The number of nitrogens with zero attached hydrogens (tertiary/aromatic N) is 1. The second kappa shape index (κ2) is 8.11. The summed E-state index contributed by atoms with van der Waals surface area (Å²) in [4.78, 5) is 37.7. The topological polar surface area (TPSA) is 87.7 Å². The Morgan fingerprint density at radius 3 is 2.64 bits per heavy atom. The average Bonchev–Trinajstić information content (AvgIpc) is 2.89. The summed E-state index contributed by atoms with van der Waals surface area (Å²) < 4.78 is 5.29. The van der Waals surface area contributed by atoms with Crippen molar-refractivity contribution in [3.8, 4) is 0 Å². The molecule has 25 heavy (non-hydrogen) atoms. The molecule has 1 atom stereocenters. The van der Waals surface area contributed by atoms with Gasteiger partial charge in [0.25, 0.3) is 5.91 Å². The summed E-state index contributed by atoms with van der Waals surface area (Å²) in [6, 6.07) is 8.07. The highest BCUT2D eigenvalue weighted by molar-refractivity contribution is 6.05. The van der Waals surface area contributed by atoms with Crippen molar-refractivity contribution in [2.75, 3.05) is 19.8 Å². The van der Waals surface area contributed by atoms with Gasteiger partial charge in [-0.2, -0.15) is 0 Å². The third-order valence-electron chi connectivity index (χ3n) is 4.61. The van der Waals surface area contributed by atoms with Crippen LogP contribution in [-0.2, 0) is 20.9 Å². The van der Waals surface area contributed by atoms with E-state index in [-0.39, 0.29) is 24.8 Å². The van der Waals surface area contributed by atoms with Gasteiger partial charge in [-0.05, 0) is 24.3 Å². The molecule has 0 aliphatic carbocycles. The number of nitrogens with one attached hydrogen (secondary N) is 2. The van der Waals surface area contributed by atoms with Crippen molar-refractivity contribution in [2.24, 2.45) is 5.92 Å². The summed E-state index contributed by atoms with van der Waals surface area (Å²) in [6.45, 7) is 2.26. The maximum atomic E-state index is 12.4. The normalized spacial score (nSPS) is 21.3. The third-order valence-corrected chi connectivity index (χ3v) is 4.61. The van der Waals surface area contributed by atoms with Crippen LogP contribution in [0, 0.1) is 5.92 Å². The second-order valence-corrected chi connectivity index (χ2v) is 6.48. The molecular weight excluding hydrogens is 322 g/mol. The van der Waals surface area contributed by atoms with Crippen LogP contribution in [0.2, 0.25) is 0 Å². The van der Waals surface area contributed by atoms with Crippen molar-refractivity contribution >= 4 is 17.8 Å². The van der Waals surface area contributed by atoms with Gasteiger partial charge in [-0.3, -0.25) is 14.5 Å². The summed E-state index contributed by atoms with van der Waals surface area (Å²) in [5.74, 6) is -0.150. The molecule has 1 aromatic carbocycles. The molecule has 2 fully saturated rings. The molecule has 0 unspecified atom stereocenters. The summed E-state index contributed by atoms with van der Waals surface area (Å²) in [5.41, 5.74) is 0.871. The molecule has 0 bridgehead atoms. The van der Waals surface area contributed by atoms with Gasteiger partial charge in [0.2, 0.25) is 5.91 Å². The molecule has 2 heterocycles. The monoisotopic (exact) mass is 345 g/mol. The minimum atomic E-state index is -0.786. The van der Waals surface area contributed by atoms with E-state index in [0.717, 1.165) is 36.5 Å². The van der Waals surface area contributed by atoms with Gasteiger partial charge in [0.1, 0.15) is 6.04 Å². The molecule has 2 aliphatic rings. The Morgan fingerprint density at radius 2 is 1.92 bits per heavy atom. The highest BCUT2D eigenvalue weighted by Gasteiger charge is 2.38. The van der Waals surface area contributed by atoms with Gasteiger partial charge in [-0.25, -0.2) is 4.79 Å². The van der Waals surface area contributed by atoms with Gasteiger partial charge >= 0.3 is 6.03 Å². The Bertz CT molecular complexity index is 628. The van der Waals surface area contributed by atoms with Crippen LogP contribution in [0.3, 0.4) is 0 Å². The Morgan fingerprint density at radius 1 is 1.20 bits per heavy atom. The zero-order chi connectivity index (χ0) is 17.6. The first kappa shape index (κ1) is 17.4. The van der Waals surface area contributed by atoms with Crippen molar-refractivity contribution in [3.63, 3.8) is 0 Å². The second-order valence-electron chi connectivity index (χ2n) is 6.48. The van der Waals surface area contributed by atoms with Crippen molar-refractivity contribution in [1.29, 1.82) is 0 Å². The standard InChI is InChI=1S/C18H23N3O4/c22-16(19-11-13-6-8-25-9-7-13)10-15-17(23)21(18(24)20-15)12-14-4-2-1-3-5-14/h1-5,13,15H,6-12H2,(H,19,22)(H,20,24)/t15-/m1/s1. The van der Waals surface area contributed by atoms with E-state index in [1.165, 1.54) is 0 Å². The number of rotatable bonds is 6. The number of imide groups is 1. The lowest BCUT2D eigenvalue weighted by Crippen LogP contribution is -2.38. The summed E-state index contributed by atoms with van der Waals surface area (Å²) in [7, 11) is 0. The number of carbonyl (C=O) groups excluding carboxylic acids is 3. The molecule has 2 aliphatic heterocycles. The van der Waals surface area contributed by atoms with Crippen LogP contribution in [0.5, 0.6) is 0 Å². The SMILES string of the molecule is O=C(C[C@H]1NC(=O)N(Cc2ccccc2)C1=O)NCC1CCOCC1. The molecule has 4 amide bonds. The van der Waals surface area contributed by atoms with Crippen molar-refractivity contribution in [1.82, 2.24) is 15.5 Å². The zero-order valence-electron chi connectivity index (χ0n) is 14.1. The fraction of sp³-hybridized carbons (Fsp3) is 0.500. The fourth-order valence-electron chi connectivity index (χ4n) is 3.10. The predicted molar refractivity (Wildman–Crippen MR) is 90.5 cm³/mol. The lowest BCUT2D eigenvalue weighted by Gasteiger charge is -2.22. The van der Waals surface area contributed by atoms with Crippen LogP contribution in [-0.4, -0.2) is 48.5 Å². The Labute approximate surface area is 146 Å².